The maximum Gasteiger partial charge on any atom is 0.416 e. The van der Waals surface area contributed by atoms with Gasteiger partial charge in [0.25, 0.3) is 0 Å². The summed E-state index contributed by atoms with van der Waals surface area (Å²) in [5.74, 6) is 1.09. The van der Waals surface area contributed by atoms with Crippen molar-refractivity contribution in [2.75, 3.05) is 32.7 Å². The van der Waals surface area contributed by atoms with E-state index >= 15 is 0 Å². The fourth-order valence-electron chi connectivity index (χ4n) is 4.10. The van der Waals surface area contributed by atoms with Crippen LogP contribution in [0.2, 0.25) is 0 Å². The SMILES string of the molecule is O=C(NCCc1cn2c(n1)CCCC2)N1CCN(S(=O)(=O)c2ccc(C(F)(F)F)cc2)CC1. The quantitative estimate of drug-likeness (QED) is 0.705. The number of fused-ring (bicyclic) bond motifs is 1. The lowest BCUT2D eigenvalue weighted by Crippen LogP contribution is -2.53. The minimum Gasteiger partial charge on any atom is -0.338 e. The average molecular weight is 486 g/mol. The summed E-state index contributed by atoms with van der Waals surface area (Å²) in [4.78, 5) is 18.4. The predicted octanol–water partition coefficient (Wildman–Crippen LogP) is 2.50. The molecule has 1 fully saturated rings. The predicted molar refractivity (Wildman–Crippen MR) is 114 cm³/mol. The van der Waals surface area contributed by atoms with Crippen molar-refractivity contribution in [1.82, 2.24) is 24.1 Å². The van der Waals surface area contributed by atoms with Gasteiger partial charge in [0.15, 0.2) is 0 Å². The summed E-state index contributed by atoms with van der Waals surface area (Å²) in [5.41, 5.74) is 0.0401. The van der Waals surface area contributed by atoms with Gasteiger partial charge < -0.3 is 14.8 Å². The molecule has 0 radical (unpaired) electrons. The molecule has 2 aromatic rings. The number of rotatable bonds is 5. The van der Waals surface area contributed by atoms with Crippen molar-refractivity contribution in [1.29, 1.82) is 0 Å². The molecule has 0 spiro atoms. The summed E-state index contributed by atoms with van der Waals surface area (Å²) >= 11 is 0. The number of nitrogens with zero attached hydrogens (tertiary/aromatic N) is 4. The normalized spacial score (nSPS) is 17.6. The highest BCUT2D eigenvalue weighted by Crippen LogP contribution is 2.30. The maximum absolute atomic E-state index is 12.8. The van der Waals surface area contributed by atoms with Gasteiger partial charge in [-0.3, -0.25) is 0 Å². The third-order valence-corrected chi connectivity index (χ3v) is 7.87. The lowest BCUT2D eigenvalue weighted by Gasteiger charge is -2.34. The van der Waals surface area contributed by atoms with E-state index in [1.807, 2.05) is 6.20 Å². The molecule has 3 heterocycles. The second-order valence-corrected chi connectivity index (χ2v) is 10.1. The van der Waals surface area contributed by atoms with Crippen LogP contribution < -0.4 is 5.32 Å². The van der Waals surface area contributed by atoms with Gasteiger partial charge in [-0.15, -0.1) is 0 Å². The summed E-state index contributed by atoms with van der Waals surface area (Å²) < 4.78 is 67.0. The highest BCUT2D eigenvalue weighted by Gasteiger charge is 2.33. The van der Waals surface area contributed by atoms with Gasteiger partial charge in [0, 0.05) is 58.3 Å². The van der Waals surface area contributed by atoms with Crippen LogP contribution in [0.1, 0.15) is 29.9 Å². The van der Waals surface area contributed by atoms with E-state index in [9.17, 15) is 26.4 Å². The zero-order valence-corrected chi connectivity index (χ0v) is 18.8. The van der Waals surface area contributed by atoms with Gasteiger partial charge in [-0.25, -0.2) is 18.2 Å². The maximum atomic E-state index is 12.8. The Morgan fingerprint density at radius 2 is 1.73 bits per heavy atom. The monoisotopic (exact) mass is 485 g/mol. The van der Waals surface area contributed by atoms with Crippen molar-refractivity contribution < 1.29 is 26.4 Å². The van der Waals surface area contributed by atoms with Crippen LogP contribution in [0.25, 0.3) is 0 Å². The Balaban J connectivity index is 1.26. The number of halogens is 3. The molecule has 12 heteroatoms. The van der Waals surface area contributed by atoms with Gasteiger partial charge >= 0.3 is 12.2 Å². The van der Waals surface area contributed by atoms with Crippen molar-refractivity contribution in [3.63, 3.8) is 0 Å². The first-order valence-corrected chi connectivity index (χ1v) is 12.3. The summed E-state index contributed by atoms with van der Waals surface area (Å²) in [6, 6.07) is 3.17. The van der Waals surface area contributed by atoms with Crippen LogP contribution >= 0.6 is 0 Å². The molecule has 4 rings (SSSR count). The molecule has 8 nitrogen and oxygen atoms in total. The van der Waals surface area contributed by atoms with Crippen LogP contribution in [0.3, 0.4) is 0 Å². The van der Waals surface area contributed by atoms with E-state index in [0.29, 0.717) is 13.0 Å². The molecule has 1 N–H and O–H groups in total. The molecule has 2 aliphatic heterocycles. The number of benzene rings is 1. The molecule has 33 heavy (non-hydrogen) atoms. The van der Waals surface area contributed by atoms with Gasteiger partial charge in [-0.05, 0) is 37.1 Å². The number of aryl methyl sites for hydroxylation is 2. The number of imidazole rings is 1. The molecule has 0 aliphatic carbocycles. The first-order valence-electron chi connectivity index (χ1n) is 10.9. The van der Waals surface area contributed by atoms with Crippen molar-refractivity contribution in [3.05, 3.63) is 47.5 Å². The molecule has 2 amide bonds. The summed E-state index contributed by atoms with van der Waals surface area (Å²) in [5, 5.41) is 2.85. The third-order valence-electron chi connectivity index (χ3n) is 5.96. The molecule has 0 saturated carbocycles. The van der Waals surface area contributed by atoms with Crippen molar-refractivity contribution in [2.45, 2.75) is 43.3 Å². The van der Waals surface area contributed by atoms with Crippen LogP contribution in [0.5, 0.6) is 0 Å². The van der Waals surface area contributed by atoms with E-state index in [-0.39, 0.29) is 37.1 Å². The van der Waals surface area contributed by atoms with Crippen molar-refractivity contribution >= 4 is 16.1 Å². The smallest absolute Gasteiger partial charge is 0.338 e. The Morgan fingerprint density at radius 1 is 1.03 bits per heavy atom. The number of urea groups is 1. The largest absolute Gasteiger partial charge is 0.416 e. The van der Waals surface area contributed by atoms with E-state index in [1.54, 1.807) is 0 Å². The number of amides is 2. The average Bonchev–Trinajstić information content (AvgIpc) is 3.21. The highest BCUT2D eigenvalue weighted by atomic mass is 32.2. The van der Waals surface area contributed by atoms with E-state index in [1.165, 1.54) is 9.21 Å². The highest BCUT2D eigenvalue weighted by molar-refractivity contribution is 7.89. The lowest BCUT2D eigenvalue weighted by molar-refractivity contribution is -0.137. The van der Waals surface area contributed by atoms with Gasteiger partial charge in [0.2, 0.25) is 10.0 Å². The van der Waals surface area contributed by atoms with Crippen LogP contribution in [-0.2, 0) is 35.6 Å². The fourth-order valence-corrected chi connectivity index (χ4v) is 5.52. The Kier molecular flexibility index (Phi) is 6.66. The number of piperazine rings is 1. The summed E-state index contributed by atoms with van der Waals surface area (Å²) in [7, 11) is -3.93. The van der Waals surface area contributed by atoms with Crippen LogP contribution in [0, 0.1) is 0 Å². The Labute approximate surface area is 190 Å². The Bertz CT molecular complexity index is 1070. The number of carbonyl (C=O) groups is 1. The molecule has 1 saturated heterocycles. The third kappa shape index (κ3) is 5.32. The Hall–Kier alpha value is -2.60. The van der Waals surface area contributed by atoms with Crippen LogP contribution in [0.4, 0.5) is 18.0 Å². The van der Waals surface area contributed by atoms with E-state index in [2.05, 4.69) is 14.9 Å². The second kappa shape index (κ2) is 9.34. The van der Waals surface area contributed by atoms with Gasteiger partial charge in [-0.2, -0.15) is 17.5 Å². The van der Waals surface area contributed by atoms with E-state index in [0.717, 1.165) is 61.6 Å². The number of aromatic nitrogens is 2. The van der Waals surface area contributed by atoms with Crippen molar-refractivity contribution in [3.8, 4) is 0 Å². The van der Waals surface area contributed by atoms with E-state index < -0.39 is 21.8 Å². The summed E-state index contributed by atoms with van der Waals surface area (Å²) in [6.45, 7) is 1.96. The van der Waals surface area contributed by atoms with Gasteiger partial charge in [-0.1, -0.05) is 0 Å². The Morgan fingerprint density at radius 3 is 2.36 bits per heavy atom. The second-order valence-electron chi connectivity index (χ2n) is 8.19. The number of sulfonamides is 1. The van der Waals surface area contributed by atoms with Crippen LogP contribution in [-0.4, -0.2) is 65.9 Å². The number of carbonyl (C=O) groups excluding carboxylic acids is 1. The number of nitrogens with one attached hydrogen (secondary N) is 1. The lowest BCUT2D eigenvalue weighted by atomic mass is 10.2. The fraction of sp³-hybridized carbons (Fsp3) is 0.524. The zero-order valence-electron chi connectivity index (χ0n) is 18.0. The molecule has 0 atom stereocenters. The first-order chi connectivity index (χ1) is 15.6. The first kappa shape index (κ1) is 23.6. The van der Waals surface area contributed by atoms with Gasteiger partial charge in [0.05, 0.1) is 16.2 Å². The van der Waals surface area contributed by atoms with Crippen LogP contribution in [0.15, 0.2) is 35.4 Å². The number of hydrogen-bond acceptors (Lipinski definition) is 4. The minimum atomic E-state index is -4.53. The molecular weight excluding hydrogens is 459 g/mol. The molecule has 0 bridgehead atoms. The molecule has 180 valence electrons. The number of hydrogen-bond donors (Lipinski definition) is 1. The molecule has 0 unspecified atom stereocenters. The molecule has 1 aromatic carbocycles. The molecular formula is C21H26F3N5O3S. The van der Waals surface area contributed by atoms with E-state index in [4.69, 9.17) is 0 Å². The topological polar surface area (TPSA) is 87.5 Å². The number of alkyl halides is 3. The summed E-state index contributed by atoms with van der Waals surface area (Å²) in [6.07, 6.45) is 1.40. The minimum absolute atomic E-state index is 0.0740. The van der Waals surface area contributed by atoms with Gasteiger partial charge in [0.1, 0.15) is 5.82 Å². The zero-order chi connectivity index (χ0) is 23.6. The standard InChI is InChI=1S/C21H26F3N5O3S/c22-21(23,24)16-4-6-18(7-5-16)33(31,32)29-13-11-27(12-14-29)20(30)25-9-8-17-15-28-10-2-1-3-19(28)26-17/h4-7,15H,1-3,8-14H2,(H,25,30). The molecule has 1 aromatic heterocycles. The molecule has 2 aliphatic rings. The van der Waals surface area contributed by atoms with Crippen molar-refractivity contribution in [2.24, 2.45) is 0 Å².